The number of imidazole rings is 1. The summed E-state index contributed by atoms with van der Waals surface area (Å²) in [6, 6.07) is 11.3. The Morgan fingerprint density at radius 1 is 1.19 bits per heavy atom. The first-order valence-electron chi connectivity index (χ1n) is 6.42. The predicted octanol–water partition coefficient (Wildman–Crippen LogP) is 2.99. The van der Waals surface area contributed by atoms with E-state index in [0.29, 0.717) is 23.6 Å². The van der Waals surface area contributed by atoms with Crippen LogP contribution < -0.4 is 4.74 Å². The molecule has 0 saturated carbocycles. The fourth-order valence-electron chi connectivity index (χ4n) is 1.97. The third-order valence-corrected chi connectivity index (χ3v) is 2.95. The number of hydrogen-bond acceptors (Lipinski definition) is 4. The molecule has 0 radical (unpaired) electrons. The van der Waals surface area contributed by atoms with Gasteiger partial charge in [0.15, 0.2) is 0 Å². The van der Waals surface area contributed by atoms with E-state index in [1.807, 2.05) is 22.9 Å². The second-order valence-electron chi connectivity index (χ2n) is 4.47. The first-order chi connectivity index (χ1) is 10.3. The molecule has 0 unspecified atom stereocenters. The van der Waals surface area contributed by atoms with Crippen LogP contribution in [0.3, 0.4) is 0 Å². The molecule has 2 heterocycles. The molecule has 5 heteroatoms. The highest BCUT2D eigenvalue weighted by Crippen LogP contribution is 2.26. The number of nitrogens with zero attached hydrogens (tertiary/aromatic N) is 4. The van der Waals surface area contributed by atoms with Gasteiger partial charge in [0.25, 0.3) is 0 Å². The number of benzene rings is 1. The Hall–Kier alpha value is -3.13. The van der Waals surface area contributed by atoms with E-state index in [9.17, 15) is 5.26 Å². The van der Waals surface area contributed by atoms with Gasteiger partial charge in [-0.1, -0.05) is 6.07 Å². The smallest absolute Gasteiger partial charge is 0.145 e. The molecule has 3 aromatic rings. The maximum atomic E-state index is 9.18. The van der Waals surface area contributed by atoms with Gasteiger partial charge >= 0.3 is 0 Å². The first-order valence-corrected chi connectivity index (χ1v) is 6.42. The Balaban J connectivity index is 1.89. The predicted molar refractivity (Wildman–Crippen MR) is 76.8 cm³/mol. The van der Waals surface area contributed by atoms with Gasteiger partial charge in [0.05, 0.1) is 18.1 Å². The zero-order valence-electron chi connectivity index (χ0n) is 11.2. The van der Waals surface area contributed by atoms with Crippen molar-refractivity contribution in [1.82, 2.24) is 14.5 Å². The van der Waals surface area contributed by atoms with Crippen LogP contribution in [0.5, 0.6) is 11.5 Å². The Kier molecular flexibility index (Phi) is 3.61. The van der Waals surface area contributed by atoms with Gasteiger partial charge in [0, 0.05) is 25.1 Å². The fraction of sp³-hybridized carbons (Fsp3) is 0.0625. The molecule has 21 heavy (non-hydrogen) atoms. The van der Waals surface area contributed by atoms with Gasteiger partial charge in [0.1, 0.15) is 17.6 Å². The van der Waals surface area contributed by atoms with Gasteiger partial charge < -0.3 is 9.30 Å². The maximum Gasteiger partial charge on any atom is 0.145 e. The van der Waals surface area contributed by atoms with E-state index < -0.39 is 0 Å². The van der Waals surface area contributed by atoms with Crippen LogP contribution >= 0.6 is 0 Å². The number of nitriles is 1. The minimum Gasteiger partial charge on any atom is -0.454 e. The van der Waals surface area contributed by atoms with Crippen molar-refractivity contribution in [2.24, 2.45) is 0 Å². The van der Waals surface area contributed by atoms with Gasteiger partial charge in [-0.2, -0.15) is 5.26 Å². The van der Waals surface area contributed by atoms with Crippen molar-refractivity contribution in [3.8, 4) is 17.6 Å². The lowest BCUT2D eigenvalue weighted by Gasteiger charge is -2.09. The van der Waals surface area contributed by atoms with Crippen molar-refractivity contribution in [3.05, 3.63) is 72.6 Å². The molecule has 0 fully saturated rings. The van der Waals surface area contributed by atoms with Crippen molar-refractivity contribution in [2.45, 2.75) is 6.54 Å². The van der Waals surface area contributed by atoms with E-state index in [4.69, 9.17) is 4.74 Å². The van der Waals surface area contributed by atoms with Crippen LogP contribution in [0.2, 0.25) is 0 Å². The van der Waals surface area contributed by atoms with Crippen LogP contribution in [-0.4, -0.2) is 14.5 Å². The average molecular weight is 276 g/mol. The third-order valence-electron chi connectivity index (χ3n) is 2.95. The van der Waals surface area contributed by atoms with Crippen molar-refractivity contribution in [2.75, 3.05) is 0 Å². The third kappa shape index (κ3) is 3.07. The average Bonchev–Trinajstić information content (AvgIpc) is 3.02. The van der Waals surface area contributed by atoms with E-state index in [-0.39, 0.29) is 0 Å². The highest BCUT2D eigenvalue weighted by atomic mass is 16.5. The molecule has 0 saturated heterocycles. The van der Waals surface area contributed by atoms with Gasteiger partial charge in [0.2, 0.25) is 0 Å². The summed E-state index contributed by atoms with van der Waals surface area (Å²) in [5.41, 5.74) is 1.53. The Morgan fingerprint density at radius 2 is 2.14 bits per heavy atom. The molecular formula is C16H12N4O. The zero-order valence-corrected chi connectivity index (χ0v) is 11.2. The van der Waals surface area contributed by atoms with E-state index in [2.05, 4.69) is 16.0 Å². The van der Waals surface area contributed by atoms with E-state index in [1.54, 1.807) is 43.1 Å². The SMILES string of the molecule is N#Cc1ccc(Cn2ccnc2)cc1Oc1cccnc1. The second kappa shape index (κ2) is 5.88. The lowest BCUT2D eigenvalue weighted by molar-refractivity contribution is 0.478. The summed E-state index contributed by atoms with van der Waals surface area (Å²) < 4.78 is 7.70. The first kappa shape index (κ1) is 12.9. The van der Waals surface area contributed by atoms with Crippen LogP contribution in [0.1, 0.15) is 11.1 Å². The molecule has 0 aliphatic carbocycles. The summed E-state index contributed by atoms with van der Waals surface area (Å²) in [5.74, 6) is 1.14. The molecule has 0 spiro atoms. The van der Waals surface area contributed by atoms with Crippen LogP contribution in [0.25, 0.3) is 0 Å². The minimum absolute atomic E-state index is 0.494. The van der Waals surface area contributed by atoms with Gasteiger partial charge in [-0.3, -0.25) is 4.98 Å². The Morgan fingerprint density at radius 3 is 2.86 bits per heavy atom. The standard InChI is InChI=1S/C16H12N4O/c17-9-14-4-3-13(11-20-7-6-19-12-20)8-16(14)21-15-2-1-5-18-10-15/h1-8,10,12H,11H2. The van der Waals surface area contributed by atoms with Crippen molar-refractivity contribution in [1.29, 1.82) is 5.26 Å². The molecule has 0 bridgehead atoms. The summed E-state index contributed by atoms with van der Waals surface area (Å²) in [6.07, 6.45) is 8.66. The van der Waals surface area contributed by atoms with Gasteiger partial charge in [-0.15, -0.1) is 0 Å². The number of hydrogen-bond donors (Lipinski definition) is 0. The summed E-state index contributed by atoms with van der Waals surface area (Å²) in [5, 5.41) is 9.18. The van der Waals surface area contributed by atoms with Gasteiger partial charge in [-0.05, 0) is 29.8 Å². The summed E-state index contributed by atoms with van der Waals surface area (Å²) in [4.78, 5) is 8.01. The summed E-state index contributed by atoms with van der Waals surface area (Å²) >= 11 is 0. The molecule has 0 amide bonds. The van der Waals surface area contributed by atoms with Crippen molar-refractivity contribution >= 4 is 0 Å². The van der Waals surface area contributed by atoms with Crippen molar-refractivity contribution < 1.29 is 4.74 Å². The van der Waals surface area contributed by atoms with Crippen molar-refractivity contribution in [3.63, 3.8) is 0 Å². The van der Waals surface area contributed by atoms with Crippen LogP contribution in [0, 0.1) is 11.3 Å². The molecule has 102 valence electrons. The molecule has 2 aromatic heterocycles. The van der Waals surface area contributed by atoms with Crippen LogP contribution in [-0.2, 0) is 6.54 Å². The van der Waals surface area contributed by atoms with Gasteiger partial charge in [-0.25, -0.2) is 4.98 Å². The lowest BCUT2D eigenvalue weighted by atomic mass is 10.1. The lowest BCUT2D eigenvalue weighted by Crippen LogP contribution is -1.98. The number of ether oxygens (including phenoxy) is 1. The Labute approximate surface area is 122 Å². The van der Waals surface area contributed by atoms with E-state index in [0.717, 1.165) is 5.56 Å². The quantitative estimate of drug-likeness (QED) is 0.734. The minimum atomic E-state index is 0.494. The molecule has 0 N–H and O–H groups in total. The molecule has 5 nitrogen and oxygen atoms in total. The van der Waals surface area contributed by atoms with E-state index >= 15 is 0 Å². The molecule has 0 atom stereocenters. The topological polar surface area (TPSA) is 63.7 Å². The normalized spacial score (nSPS) is 10.0. The highest BCUT2D eigenvalue weighted by molar-refractivity contribution is 5.47. The second-order valence-corrected chi connectivity index (χ2v) is 4.47. The number of aromatic nitrogens is 3. The maximum absolute atomic E-state index is 9.18. The molecule has 0 aliphatic heterocycles. The van der Waals surface area contributed by atoms with E-state index in [1.165, 1.54) is 0 Å². The largest absolute Gasteiger partial charge is 0.454 e. The molecular weight excluding hydrogens is 264 g/mol. The van der Waals surface area contributed by atoms with Crippen LogP contribution in [0.4, 0.5) is 0 Å². The molecule has 0 aliphatic rings. The van der Waals surface area contributed by atoms with Crippen LogP contribution in [0.15, 0.2) is 61.4 Å². The fourth-order valence-corrected chi connectivity index (χ4v) is 1.97. The number of pyridine rings is 1. The summed E-state index contributed by atoms with van der Waals surface area (Å²) in [7, 11) is 0. The Bertz CT molecular complexity index is 761. The number of rotatable bonds is 4. The molecule has 3 rings (SSSR count). The zero-order chi connectivity index (χ0) is 14.5. The molecule has 1 aromatic carbocycles. The summed E-state index contributed by atoms with van der Waals surface area (Å²) in [6.45, 7) is 0.676. The highest BCUT2D eigenvalue weighted by Gasteiger charge is 2.07. The monoisotopic (exact) mass is 276 g/mol.